The number of nitrogens with zero attached hydrogens (tertiary/aromatic N) is 4. The number of hydrogen-bond acceptors (Lipinski definition) is 5. The molecular weight excluding hydrogens is 356 g/mol. The van der Waals surface area contributed by atoms with Crippen LogP contribution in [0.25, 0.3) is 0 Å². The largest absolute Gasteiger partial charge is 0.487 e. The van der Waals surface area contributed by atoms with Gasteiger partial charge in [0.2, 0.25) is 0 Å². The molecule has 28 heavy (non-hydrogen) atoms. The van der Waals surface area contributed by atoms with E-state index in [-0.39, 0.29) is 18.0 Å². The average molecular weight is 380 g/mol. The van der Waals surface area contributed by atoms with Gasteiger partial charge in [-0.3, -0.25) is 9.67 Å². The topological polar surface area (TPSA) is 94.0 Å². The highest BCUT2D eigenvalue weighted by Crippen LogP contribution is 2.20. The number of aromatic nitrogens is 4. The average Bonchev–Trinajstić information content (AvgIpc) is 3.12. The number of carbonyl (C=O) groups excluding carboxylic acids is 1. The van der Waals surface area contributed by atoms with Crippen LogP contribution in [0.1, 0.15) is 31.4 Å². The molecule has 0 aliphatic rings. The number of ether oxygens (including phenoxy) is 1. The Morgan fingerprint density at radius 2 is 1.93 bits per heavy atom. The number of amides is 2. The van der Waals surface area contributed by atoms with E-state index in [1.165, 1.54) is 6.33 Å². The summed E-state index contributed by atoms with van der Waals surface area (Å²) in [5.41, 5.74) is 1.52. The zero-order valence-corrected chi connectivity index (χ0v) is 16.2. The Bertz CT molecular complexity index is 893. The van der Waals surface area contributed by atoms with Crippen LogP contribution in [0.3, 0.4) is 0 Å². The van der Waals surface area contributed by atoms with E-state index in [9.17, 15) is 4.79 Å². The van der Waals surface area contributed by atoms with Gasteiger partial charge in [0, 0.05) is 18.9 Å². The van der Waals surface area contributed by atoms with Crippen LogP contribution >= 0.6 is 0 Å². The van der Waals surface area contributed by atoms with E-state index in [0.717, 1.165) is 5.69 Å². The Balaban J connectivity index is 1.55. The van der Waals surface area contributed by atoms with Crippen molar-refractivity contribution in [3.8, 4) is 5.75 Å². The number of carbonyl (C=O) groups is 1. The van der Waals surface area contributed by atoms with E-state index in [4.69, 9.17) is 4.74 Å². The van der Waals surface area contributed by atoms with Gasteiger partial charge < -0.3 is 15.4 Å². The summed E-state index contributed by atoms with van der Waals surface area (Å²) in [6.45, 7) is 4.43. The van der Waals surface area contributed by atoms with Gasteiger partial charge in [-0.25, -0.2) is 9.78 Å². The van der Waals surface area contributed by atoms with Gasteiger partial charge in [-0.05, 0) is 42.3 Å². The monoisotopic (exact) mass is 380 g/mol. The first-order valence-corrected chi connectivity index (χ1v) is 9.07. The first-order valence-electron chi connectivity index (χ1n) is 9.07. The van der Waals surface area contributed by atoms with Gasteiger partial charge in [-0.2, -0.15) is 5.10 Å². The second-order valence-electron chi connectivity index (χ2n) is 6.70. The van der Waals surface area contributed by atoms with E-state index in [2.05, 4.69) is 25.7 Å². The summed E-state index contributed by atoms with van der Waals surface area (Å²) in [4.78, 5) is 20.9. The molecular formula is C20H24N6O2. The number of aryl methyl sites for hydroxylation is 1. The van der Waals surface area contributed by atoms with Crippen molar-refractivity contribution in [2.45, 2.75) is 26.5 Å². The number of nitrogens with one attached hydrogen (secondary N) is 2. The van der Waals surface area contributed by atoms with Gasteiger partial charge in [-0.1, -0.05) is 19.9 Å². The van der Waals surface area contributed by atoms with Gasteiger partial charge in [0.1, 0.15) is 24.5 Å². The van der Waals surface area contributed by atoms with Crippen molar-refractivity contribution in [2.75, 3.05) is 5.32 Å². The molecule has 0 spiro atoms. The van der Waals surface area contributed by atoms with Crippen LogP contribution in [-0.4, -0.2) is 25.8 Å². The second-order valence-corrected chi connectivity index (χ2v) is 6.70. The third-order valence-electron chi connectivity index (χ3n) is 4.20. The first-order chi connectivity index (χ1) is 13.5. The zero-order chi connectivity index (χ0) is 19.9. The standard InChI is InChI=1S/C20H24N6O2/c1-14(2)18(19-22-13-23-26(19)3)25-20(27)24-15-7-9-17(10-8-15)28-12-16-6-4-5-11-21-16/h4-11,13-14,18H,12H2,1-3H3,(H2,24,25,27). The molecule has 8 nitrogen and oxygen atoms in total. The van der Waals surface area contributed by atoms with E-state index < -0.39 is 0 Å². The number of urea groups is 1. The Morgan fingerprint density at radius 1 is 1.14 bits per heavy atom. The van der Waals surface area contributed by atoms with Gasteiger partial charge in [0.25, 0.3) is 0 Å². The van der Waals surface area contributed by atoms with Crippen LogP contribution in [0, 0.1) is 5.92 Å². The molecule has 0 saturated carbocycles. The number of anilines is 1. The lowest BCUT2D eigenvalue weighted by Gasteiger charge is -2.21. The molecule has 0 saturated heterocycles. The van der Waals surface area contributed by atoms with Crippen molar-refractivity contribution in [1.29, 1.82) is 0 Å². The summed E-state index contributed by atoms with van der Waals surface area (Å²) < 4.78 is 7.37. The zero-order valence-electron chi connectivity index (χ0n) is 16.2. The summed E-state index contributed by atoms with van der Waals surface area (Å²) >= 11 is 0. The van der Waals surface area contributed by atoms with Crippen LogP contribution in [0.4, 0.5) is 10.5 Å². The fourth-order valence-electron chi connectivity index (χ4n) is 2.70. The van der Waals surface area contributed by atoms with Crippen molar-refractivity contribution in [3.05, 3.63) is 66.5 Å². The third kappa shape index (κ3) is 5.06. The van der Waals surface area contributed by atoms with Crippen molar-refractivity contribution in [2.24, 2.45) is 13.0 Å². The Kier molecular flexibility index (Phi) is 6.21. The molecule has 2 N–H and O–H groups in total. The molecule has 3 aromatic rings. The molecule has 146 valence electrons. The van der Waals surface area contributed by atoms with Gasteiger partial charge in [-0.15, -0.1) is 0 Å². The minimum absolute atomic E-state index is 0.163. The van der Waals surface area contributed by atoms with Crippen LogP contribution < -0.4 is 15.4 Å². The molecule has 0 aliphatic carbocycles. The molecule has 2 aromatic heterocycles. The lowest BCUT2D eigenvalue weighted by atomic mass is 10.0. The molecule has 0 radical (unpaired) electrons. The molecule has 1 unspecified atom stereocenters. The summed E-state index contributed by atoms with van der Waals surface area (Å²) in [5, 5.41) is 9.87. The fraction of sp³-hybridized carbons (Fsp3) is 0.300. The minimum Gasteiger partial charge on any atom is -0.487 e. The molecule has 1 aromatic carbocycles. The smallest absolute Gasteiger partial charge is 0.319 e. The number of rotatable bonds is 7. The molecule has 0 bridgehead atoms. The summed E-state index contributed by atoms with van der Waals surface area (Å²) in [6, 6.07) is 12.3. The predicted molar refractivity (Wildman–Crippen MR) is 106 cm³/mol. The number of pyridine rings is 1. The Morgan fingerprint density at radius 3 is 2.54 bits per heavy atom. The van der Waals surface area contributed by atoms with Gasteiger partial charge in [0.15, 0.2) is 0 Å². The van der Waals surface area contributed by atoms with Crippen LogP contribution in [0.5, 0.6) is 5.75 Å². The number of hydrogen-bond donors (Lipinski definition) is 2. The van der Waals surface area contributed by atoms with Crippen LogP contribution in [0.2, 0.25) is 0 Å². The molecule has 3 rings (SSSR count). The second kappa shape index (κ2) is 8.98. The van der Waals surface area contributed by atoms with Gasteiger partial charge in [0.05, 0.1) is 11.7 Å². The molecule has 8 heteroatoms. The highest BCUT2D eigenvalue weighted by atomic mass is 16.5. The van der Waals surface area contributed by atoms with Crippen molar-refractivity contribution in [3.63, 3.8) is 0 Å². The molecule has 0 fully saturated rings. The minimum atomic E-state index is -0.302. The quantitative estimate of drug-likeness (QED) is 0.656. The maximum absolute atomic E-state index is 12.4. The molecule has 2 heterocycles. The Labute approximate surface area is 164 Å². The molecule has 1 atom stereocenters. The predicted octanol–water partition coefficient (Wildman–Crippen LogP) is 3.31. The third-order valence-corrected chi connectivity index (χ3v) is 4.20. The van der Waals surface area contributed by atoms with Crippen molar-refractivity contribution >= 4 is 11.7 Å². The lowest BCUT2D eigenvalue weighted by molar-refractivity contribution is 0.243. The summed E-state index contributed by atoms with van der Waals surface area (Å²) in [7, 11) is 1.81. The van der Waals surface area contributed by atoms with Crippen molar-refractivity contribution in [1.82, 2.24) is 25.1 Å². The normalized spacial score (nSPS) is 11.9. The highest BCUT2D eigenvalue weighted by molar-refractivity contribution is 5.89. The van der Waals surface area contributed by atoms with Gasteiger partial charge >= 0.3 is 6.03 Å². The number of benzene rings is 1. The van der Waals surface area contributed by atoms with E-state index in [1.807, 2.05) is 32.0 Å². The SMILES string of the molecule is CC(C)C(NC(=O)Nc1ccc(OCc2ccccn2)cc1)c1ncnn1C. The maximum Gasteiger partial charge on any atom is 0.319 e. The summed E-state index contributed by atoms with van der Waals surface area (Å²) in [6.07, 6.45) is 3.21. The highest BCUT2D eigenvalue weighted by Gasteiger charge is 2.22. The molecule has 0 aliphatic heterocycles. The maximum atomic E-state index is 12.4. The first kappa shape index (κ1) is 19.3. The van der Waals surface area contributed by atoms with Crippen LogP contribution in [-0.2, 0) is 13.7 Å². The van der Waals surface area contributed by atoms with Crippen LogP contribution in [0.15, 0.2) is 55.0 Å². The lowest BCUT2D eigenvalue weighted by Crippen LogP contribution is -2.36. The van der Waals surface area contributed by atoms with E-state index in [0.29, 0.717) is 23.9 Å². The van der Waals surface area contributed by atoms with E-state index in [1.54, 1.807) is 42.2 Å². The molecule has 2 amide bonds. The fourth-order valence-corrected chi connectivity index (χ4v) is 2.70. The van der Waals surface area contributed by atoms with Crippen molar-refractivity contribution < 1.29 is 9.53 Å². The summed E-state index contributed by atoms with van der Waals surface area (Å²) in [5.74, 6) is 1.58. The Hall–Kier alpha value is -3.42. The van der Waals surface area contributed by atoms with E-state index >= 15 is 0 Å².